The van der Waals surface area contributed by atoms with Crippen LogP contribution in [0.15, 0.2) is 22.7 Å². The highest BCUT2D eigenvalue weighted by Gasteiger charge is 2.32. The molecule has 0 spiro atoms. The fraction of sp³-hybridized carbons (Fsp3) is 0.308. The molecule has 0 bridgehead atoms. The Labute approximate surface area is 135 Å². The molecule has 1 aliphatic heterocycles. The van der Waals surface area contributed by atoms with E-state index in [9.17, 15) is 4.79 Å². The third-order valence-electron chi connectivity index (χ3n) is 3.35. The Morgan fingerprint density at radius 1 is 1.45 bits per heavy atom. The van der Waals surface area contributed by atoms with Crippen molar-refractivity contribution in [2.24, 2.45) is 5.92 Å². The van der Waals surface area contributed by atoms with Gasteiger partial charge in [-0.15, -0.1) is 0 Å². The molecule has 1 aliphatic rings. The summed E-state index contributed by atoms with van der Waals surface area (Å²) < 4.78 is 0.831. The van der Waals surface area contributed by atoms with Crippen molar-refractivity contribution in [3.8, 4) is 0 Å². The predicted molar refractivity (Wildman–Crippen MR) is 86.6 cm³/mol. The van der Waals surface area contributed by atoms with Crippen LogP contribution in [0.25, 0.3) is 10.9 Å². The molecule has 1 unspecified atom stereocenters. The summed E-state index contributed by atoms with van der Waals surface area (Å²) in [5, 5.41) is 0.957. The van der Waals surface area contributed by atoms with Gasteiger partial charge in [0, 0.05) is 22.8 Å². The number of benzene rings is 1. The number of thiol groups is 1. The summed E-state index contributed by atoms with van der Waals surface area (Å²) in [6, 6.07) is 5.68. The lowest BCUT2D eigenvalue weighted by Crippen LogP contribution is -2.26. The van der Waals surface area contributed by atoms with Gasteiger partial charge in [0.2, 0.25) is 11.2 Å². The first-order valence-electron chi connectivity index (χ1n) is 6.13. The van der Waals surface area contributed by atoms with E-state index in [4.69, 9.17) is 11.6 Å². The Kier molecular flexibility index (Phi) is 3.88. The SMILES string of the molecule is O=C1CC(CS)CN1c1nc(Cl)nc2c(Br)cccc12. The third-order valence-corrected chi connectivity index (χ3v) is 4.67. The molecule has 1 aromatic carbocycles. The van der Waals surface area contributed by atoms with E-state index in [0.29, 0.717) is 30.1 Å². The summed E-state index contributed by atoms with van der Waals surface area (Å²) in [5.74, 6) is 1.57. The van der Waals surface area contributed by atoms with Gasteiger partial charge >= 0.3 is 0 Å². The molecule has 1 aromatic heterocycles. The molecule has 0 aliphatic carbocycles. The Bertz CT molecular complexity index is 697. The van der Waals surface area contributed by atoms with Crippen molar-refractivity contribution < 1.29 is 4.79 Å². The number of aromatic nitrogens is 2. The molecular formula is C13H11BrClN3OS. The number of hydrogen-bond donors (Lipinski definition) is 1. The van der Waals surface area contributed by atoms with Crippen molar-refractivity contribution in [1.82, 2.24) is 9.97 Å². The van der Waals surface area contributed by atoms with Crippen LogP contribution in [0.3, 0.4) is 0 Å². The van der Waals surface area contributed by atoms with E-state index in [0.717, 1.165) is 9.86 Å². The van der Waals surface area contributed by atoms with Gasteiger partial charge in [0.25, 0.3) is 0 Å². The number of rotatable bonds is 2. The predicted octanol–water partition coefficient (Wildman–Crippen LogP) is 3.33. The van der Waals surface area contributed by atoms with Crippen molar-refractivity contribution in [2.75, 3.05) is 17.2 Å². The van der Waals surface area contributed by atoms with Crippen LogP contribution in [0.1, 0.15) is 6.42 Å². The minimum atomic E-state index is 0.0556. The Morgan fingerprint density at radius 3 is 2.95 bits per heavy atom. The average molecular weight is 373 g/mol. The van der Waals surface area contributed by atoms with Gasteiger partial charge in [-0.3, -0.25) is 9.69 Å². The Balaban J connectivity index is 2.16. The number of hydrogen-bond acceptors (Lipinski definition) is 4. The van der Waals surface area contributed by atoms with Crippen molar-refractivity contribution in [2.45, 2.75) is 6.42 Å². The molecule has 1 fully saturated rings. The molecule has 2 aromatic rings. The molecule has 1 saturated heterocycles. The highest BCUT2D eigenvalue weighted by Crippen LogP contribution is 2.33. The first-order valence-corrected chi connectivity index (χ1v) is 7.93. The van der Waals surface area contributed by atoms with Gasteiger partial charge in [-0.1, -0.05) is 6.07 Å². The lowest BCUT2D eigenvalue weighted by Gasteiger charge is -2.17. The molecule has 0 saturated carbocycles. The first-order chi connectivity index (χ1) is 9.60. The first kappa shape index (κ1) is 14.1. The maximum Gasteiger partial charge on any atom is 0.228 e. The third kappa shape index (κ3) is 2.40. The molecule has 20 heavy (non-hydrogen) atoms. The normalized spacial score (nSPS) is 19.1. The number of para-hydroxylation sites is 1. The van der Waals surface area contributed by atoms with E-state index in [1.165, 1.54) is 0 Å². The summed E-state index contributed by atoms with van der Waals surface area (Å²) in [7, 11) is 0. The standard InChI is InChI=1S/C13H11BrClN3OS/c14-9-3-1-2-8-11(9)16-13(15)17-12(8)18-5-7(6-20)4-10(18)19/h1-3,7,20H,4-6H2. The van der Waals surface area contributed by atoms with Crippen molar-refractivity contribution in [3.63, 3.8) is 0 Å². The molecule has 1 amide bonds. The van der Waals surface area contributed by atoms with E-state index < -0.39 is 0 Å². The summed E-state index contributed by atoms with van der Waals surface area (Å²) in [5.41, 5.74) is 0.713. The summed E-state index contributed by atoms with van der Waals surface area (Å²) in [6.07, 6.45) is 0.501. The van der Waals surface area contributed by atoms with Gasteiger partial charge in [-0.05, 0) is 51.3 Å². The lowest BCUT2D eigenvalue weighted by molar-refractivity contribution is -0.117. The van der Waals surface area contributed by atoms with Crippen LogP contribution in [0.4, 0.5) is 5.82 Å². The maximum atomic E-state index is 12.2. The summed E-state index contributed by atoms with van der Waals surface area (Å²) in [6.45, 7) is 0.622. The second kappa shape index (κ2) is 5.50. The van der Waals surface area contributed by atoms with Crippen LogP contribution in [0, 0.1) is 5.92 Å². The molecule has 2 heterocycles. The van der Waals surface area contributed by atoms with Crippen LogP contribution in [0.2, 0.25) is 5.28 Å². The van der Waals surface area contributed by atoms with Gasteiger partial charge in [-0.25, -0.2) is 4.98 Å². The van der Waals surface area contributed by atoms with Gasteiger partial charge < -0.3 is 0 Å². The van der Waals surface area contributed by atoms with E-state index in [1.807, 2.05) is 18.2 Å². The van der Waals surface area contributed by atoms with Gasteiger partial charge in [0.1, 0.15) is 5.82 Å². The maximum absolute atomic E-state index is 12.2. The van der Waals surface area contributed by atoms with Crippen LogP contribution in [-0.4, -0.2) is 28.2 Å². The second-order valence-corrected chi connectivity index (χ2v) is 6.27. The Hall–Kier alpha value is -0.850. The molecular weight excluding hydrogens is 362 g/mol. The number of amides is 1. The van der Waals surface area contributed by atoms with Gasteiger partial charge in [0.15, 0.2) is 0 Å². The van der Waals surface area contributed by atoms with E-state index >= 15 is 0 Å². The van der Waals surface area contributed by atoms with Crippen LogP contribution >= 0.6 is 40.2 Å². The Morgan fingerprint density at radius 2 is 2.25 bits per heavy atom. The van der Waals surface area contributed by atoms with Gasteiger partial charge in [-0.2, -0.15) is 17.6 Å². The van der Waals surface area contributed by atoms with E-state index in [2.05, 4.69) is 38.5 Å². The summed E-state index contributed by atoms with van der Waals surface area (Å²) >= 11 is 13.7. The number of carbonyl (C=O) groups is 1. The molecule has 104 valence electrons. The summed E-state index contributed by atoms with van der Waals surface area (Å²) in [4.78, 5) is 22.3. The zero-order valence-electron chi connectivity index (χ0n) is 10.4. The zero-order chi connectivity index (χ0) is 14.3. The largest absolute Gasteiger partial charge is 0.296 e. The fourth-order valence-electron chi connectivity index (χ4n) is 2.39. The fourth-order valence-corrected chi connectivity index (χ4v) is 3.25. The van der Waals surface area contributed by atoms with Gasteiger partial charge in [0.05, 0.1) is 5.52 Å². The van der Waals surface area contributed by atoms with Crippen LogP contribution in [0.5, 0.6) is 0 Å². The molecule has 1 atom stereocenters. The number of halogens is 2. The topological polar surface area (TPSA) is 46.1 Å². The minimum absolute atomic E-state index is 0.0556. The van der Waals surface area contributed by atoms with Crippen LogP contribution < -0.4 is 4.90 Å². The lowest BCUT2D eigenvalue weighted by atomic mass is 10.1. The van der Waals surface area contributed by atoms with Crippen molar-refractivity contribution >= 4 is 62.8 Å². The number of nitrogens with zero attached hydrogens (tertiary/aromatic N) is 3. The number of fused-ring (bicyclic) bond motifs is 1. The zero-order valence-corrected chi connectivity index (χ0v) is 13.6. The quantitative estimate of drug-likeness (QED) is 0.650. The molecule has 0 radical (unpaired) electrons. The van der Waals surface area contributed by atoms with Crippen LogP contribution in [-0.2, 0) is 4.79 Å². The molecule has 4 nitrogen and oxygen atoms in total. The average Bonchev–Trinajstić information content (AvgIpc) is 2.80. The van der Waals surface area contributed by atoms with Crippen molar-refractivity contribution in [1.29, 1.82) is 0 Å². The highest BCUT2D eigenvalue weighted by molar-refractivity contribution is 9.10. The number of anilines is 1. The highest BCUT2D eigenvalue weighted by atomic mass is 79.9. The smallest absolute Gasteiger partial charge is 0.228 e. The van der Waals surface area contributed by atoms with Crippen molar-refractivity contribution in [3.05, 3.63) is 28.0 Å². The molecule has 0 N–H and O–H groups in total. The van der Waals surface area contributed by atoms with E-state index in [-0.39, 0.29) is 17.1 Å². The monoisotopic (exact) mass is 371 g/mol. The minimum Gasteiger partial charge on any atom is -0.296 e. The molecule has 3 rings (SSSR count). The van der Waals surface area contributed by atoms with E-state index in [1.54, 1.807) is 4.90 Å². The second-order valence-electron chi connectivity index (χ2n) is 4.71. The molecule has 7 heteroatoms. The number of carbonyl (C=O) groups excluding carboxylic acids is 1.